The van der Waals surface area contributed by atoms with Gasteiger partial charge in [0.15, 0.2) is 0 Å². The van der Waals surface area contributed by atoms with Gasteiger partial charge in [-0.25, -0.2) is 4.39 Å². The fourth-order valence-corrected chi connectivity index (χ4v) is 15.2. The lowest BCUT2D eigenvalue weighted by Crippen LogP contribution is -2.68. The number of rotatable bonds is 11. The van der Waals surface area contributed by atoms with Gasteiger partial charge in [0.25, 0.3) is 0 Å². The molecule has 7 aliphatic rings. The molecular formula is C50H72FNO4. The Morgan fingerprint density at radius 3 is 2.32 bits per heavy atom. The number of allylic oxidation sites excluding steroid dienone is 5. The van der Waals surface area contributed by atoms with E-state index in [9.17, 15) is 9.18 Å². The molecule has 0 aromatic heterocycles. The SMILES string of the molecule is C=C(C)[C@@H]1CC[C@]2(NCCC3(OC)COC3)CC[C@]3(C)[C@H](CC[C@@H]4[C@@]5(C)CC=C(C6=CC[C@](CF)(C(=O)OCc7ccccc7)CC6)C(C)(C)[C@@H]5CC[C@]43C)[C@@H]12. The molecule has 6 aliphatic carbocycles. The number of nitrogens with one attached hydrogen (secondary N) is 1. The van der Waals surface area contributed by atoms with Gasteiger partial charge in [0, 0.05) is 12.6 Å². The average Bonchev–Trinajstić information content (AvgIpc) is 3.55. The lowest BCUT2D eigenvalue weighted by molar-refractivity contribution is -0.222. The monoisotopic (exact) mass is 770 g/mol. The zero-order chi connectivity index (χ0) is 39.8. The molecule has 4 saturated carbocycles. The van der Waals surface area contributed by atoms with Crippen molar-refractivity contribution < 1.29 is 23.4 Å². The second kappa shape index (κ2) is 14.5. The largest absolute Gasteiger partial charge is 0.460 e. The second-order valence-corrected chi connectivity index (χ2v) is 21.4. The van der Waals surface area contributed by atoms with Crippen LogP contribution in [0.5, 0.6) is 0 Å². The maximum absolute atomic E-state index is 14.8. The third-order valence-corrected chi connectivity index (χ3v) is 18.7. The highest BCUT2D eigenvalue weighted by molar-refractivity contribution is 5.78. The number of ether oxygens (including phenoxy) is 3. The Labute approximate surface area is 338 Å². The lowest BCUT2D eigenvalue weighted by atomic mass is 9.33. The van der Waals surface area contributed by atoms with Crippen molar-refractivity contribution in [1.29, 1.82) is 0 Å². The molecule has 0 spiro atoms. The third-order valence-electron chi connectivity index (χ3n) is 18.7. The maximum Gasteiger partial charge on any atom is 0.315 e. The number of carbonyl (C=O) groups is 1. The van der Waals surface area contributed by atoms with Gasteiger partial charge in [-0.05, 0) is 165 Å². The second-order valence-electron chi connectivity index (χ2n) is 21.4. The van der Waals surface area contributed by atoms with Crippen molar-refractivity contribution in [1.82, 2.24) is 5.32 Å². The first-order valence-corrected chi connectivity index (χ1v) is 22.3. The molecule has 5 fully saturated rings. The number of fused-ring (bicyclic) bond motifs is 7. The van der Waals surface area contributed by atoms with Crippen molar-refractivity contribution in [3.63, 3.8) is 0 Å². The number of alkyl halides is 1. The van der Waals surface area contributed by atoms with Gasteiger partial charge in [-0.15, -0.1) is 0 Å². The molecule has 1 aromatic carbocycles. The predicted octanol–water partition coefficient (Wildman–Crippen LogP) is 11.1. The van der Waals surface area contributed by atoms with E-state index in [2.05, 4.69) is 65.6 Å². The summed E-state index contributed by atoms with van der Waals surface area (Å²) in [4.78, 5) is 13.4. The molecule has 308 valence electrons. The Bertz CT molecular complexity index is 1720. The topological polar surface area (TPSA) is 56.8 Å². The molecule has 1 aromatic rings. The number of benzene rings is 1. The first kappa shape index (κ1) is 40.5. The molecule has 10 atom stereocenters. The van der Waals surface area contributed by atoms with Crippen molar-refractivity contribution in [2.75, 3.05) is 33.5 Å². The van der Waals surface area contributed by atoms with Crippen LogP contribution in [-0.2, 0) is 25.6 Å². The zero-order valence-electron chi connectivity index (χ0n) is 35.9. The van der Waals surface area contributed by atoms with Crippen LogP contribution in [0.1, 0.15) is 131 Å². The molecule has 1 aliphatic heterocycles. The first-order chi connectivity index (χ1) is 26.6. The van der Waals surface area contributed by atoms with Gasteiger partial charge in [-0.1, -0.05) is 89.3 Å². The molecule has 1 N–H and O–H groups in total. The van der Waals surface area contributed by atoms with Crippen molar-refractivity contribution in [2.45, 2.75) is 143 Å². The molecule has 1 heterocycles. The lowest BCUT2D eigenvalue weighted by Gasteiger charge is -2.72. The summed E-state index contributed by atoms with van der Waals surface area (Å²) in [6.45, 7) is 22.0. The quantitative estimate of drug-likeness (QED) is 0.179. The molecule has 5 nitrogen and oxygen atoms in total. The normalized spacial score (nSPS) is 42.1. The van der Waals surface area contributed by atoms with Crippen LogP contribution in [0, 0.1) is 56.7 Å². The molecule has 0 bridgehead atoms. The summed E-state index contributed by atoms with van der Waals surface area (Å²) in [7, 11) is 1.85. The summed E-state index contributed by atoms with van der Waals surface area (Å²) >= 11 is 0. The summed E-state index contributed by atoms with van der Waals surface area (Å²) in [6, 6.07) is 9.70. The number of esters is 1. The Morgan fingerprint density at radius 2 is 1.68 bits per heavy atom. The first-order valence-electron chi connectivity index (χ1n) is 22.3. The fraction of sp³-hybridized carbons (Fsp3) is 0.740. The molecule has 0 unspecified atom stereocenters. The molecule has 1 saturated heterocycles. The van der Waals surface area contributed by atoms with Gasteiger partial charge in [-0.3, -0.25) is 4.79 Å². The van der Waals surface area contributed by atoms with Crippen LogP contribution < -0.4 is 5.32 Å². The maximum atomic E-state index is 14.8. The van der Waals surface area contributed by atoms with E-state index in [0.717, 1.165) is 31.4 Å². The summed E-state index contributed by atoms with van der Waals surface area (Å²) in [6.07, 6.45) is 18.8. The zero-order valence-corrected chi connectivity index (χ0v) is 35.9. The smallest absolute Gasteiger partial charge is 0.315 e. The van der Waals surface area contributed by atoms with E-state index in [1.54, 1.807) is 0 Å². The average molecular weight is 770 g/mol. The van der Waals surface area contributed by atoms with E-state index in [1.165, 1.54) is 68.1 Å². The van der Waals surface area contributed by atoms with E-state index in [0.29, 0.717) is 55.6 Å². The standard InChI is InChI=1S/C50H72FNO4/c1-34(2)37-18-25-50(52-29-28-49(54-8)32-55-33-49)27-26-46(6)39(42(37)50)14-15-41-45(5)21-19-38(44(3,4)40(45)20-22-47(41,46)7)36-16-23-48(31-51,24-17-36)43(53)56-30-35-12-10-9-11-13-35/h9-13,16,19,37,39-42,52H,1,14-15,17-18,20-33H2,2-8H3/t37-,39+,40-,41+,42+,45-,46+,47+,48-,50-/m0/s1. The van der Waals surface area contributed by atoms with Crippen LogP contribution in [0.25, 0.3) is 0 Å². The highest BCUT2D eigenvalue weighted by Gasteiger charge is 2.70. The molecule has 0 radical (unpaired) electrons. The summed E-state index contributed by atoms with van der Waals surface area (Å²) in [5, 5.41) is 4.27. The minimum absolute atomic E-state index is 0.00856. The third kappa shape index (κ3) is 6.10. The van der Waals surface area contributed by atoms with Gasteiger partial charge in [-0.2, -0.15) is 0 Å². The minimum atomic E-state index is -1.08. The number of halogens is 1. The summed E-state index contributed by atoms with van der Waals surface area (Å²) in [5.74, 6) is 2.79. The van der Waals surface area contributed by atoms with Gasteiger partial charge in [0.1, 0.15) is 18.9 Å². The summed E-state index contributed by atoms with van der Waals surface area (Å²) < 4.78 is 32.0. The molecule has 6 heteroatoms. The molecule has 56 heavy (non-hydrogen) atoms. The van der Waals surface area contributed by atoms with Gasteiger partial charge < -0.3 is 19.5 Å². The number of hydrogen-bond acceptors (Lipinski definition) is 5. The van der Waals surface area contributed by atoms with Crippen LogP contribution in [0.2, 0.25) is 0 Å². The predicted molar refractivity (Wildman–Crippen MR) is 222 cm³/mol. The van der Waals surface area contributed by atoms with E-state index >= 15 is 0 Å². The van der Waals surface area contributed by atoms with Crippen molar-refractivity contribution >= 4 is 5.97 Å². The van der Waals surface area contributed by atoms with E-state index < -0.39 is 18.1 Å². The Morgan fingerprint density at radius 1 is 0.911 bits per heavy atom. The van der Waals surface area contributed by atoms with Gasteiger partial charge >= 0.3 is 5.97 Å². The minimum Gasteiger partial charge on any atom is -0.460 e. The molecular weight excluding hydrogens is 698 g/mol. The van der Waals surface area contributed by atoms with Crippen molar-refractivity contribution in [2.24, 2.45) is 56.7 Å². The van der Waals surface area contributed by atoms with Gasteiger partial charge in [0.05, 0.1) is 18.6 Å². The van der Waals surface area contributed by atoms with E-state index in [4.69, 9.17) is 14.2 Å². The number of carbonyl (C=O) groups excluding carboxylic acids is 1. The molecule has 8 rings (SSSR count). The fourth-order valence-electron chi connectivity index (χ4n) is 15.2. The van der Waals surface area contributed by atoms with Crippen molar-refractivity contribution in [3.05, 3.63) is 71.3 Å². The molecule has 0 amide bonds. The Balaban J connectivity index is 1.01. The van der Waals surface area contributed by atoms with Gasteiger partial charge in [0.2, 0.25) is 0 Å². The summed E-state index contributed by atoms with van der Waals surface area (Å²) in [5.41, 5.74) is 4.92. The van der Waals surface area contributed by atoms with Crippen molar-refractivity contribution in [3.8, 4) is 0 Å². The van der Waals surface area contributed by atoms with E-state index in [-0.39, 0.29) is 39.4 Å². The van der Waals surface area contributed by atoms with Crippen LogP contribution in [0.15, 0.2) is 65.8 Å². The highest BCUT2D eigenvalue weighted by atomic mass is 19.1. The number of hydrogen-bond donors (Lipinski definition) is 1. The van der Waals surface area contributed by atoms with Crippen LogP contribution >= 0.6 is 0 Å². The number of methoxy groups -OCH3 is 1. The highest BCUT2D eigenvalue weighted by Crippen LogP contribution is 2.76. The Kier molecular flexibility index (Phi) is 10.5. The van der Waals surface area contributed by atoms with E-state index in [1.807, 2.05) is 37.4 Å². The Hall–Kier alpha value is -2.28. The van der Waals surface area contributed by atoms with Crippen LogP contribution in [0.3, 0.4) is 0 Å². The van der Waals surface area contributed by atoms with Crippen LogP contribution in [0.4, 0.5) is 4.39 Å². The van der Waals surface area contributed by atoms with Crippen LogP contribution in [-0.4, -0.2) is 50.7 Å².